The first-order valence-corrected chi connectivity index (χ1v) is 7.77. The summed E-state index contributed by atoms with van der Waals surface area (Å²) in [5.41, 5.74) is 4.15. The van der Waals surface area contributed by atoms with E-state index >= 15 is 0 Å². The first-order chi connectivity index (χ1) is 10.2. The monoisotopic (exact) mass is 300 g/mol. The predicted octanol–water partition coefficient (Wildman–Crippen LogP) is 3.79. The molecule has 0 saturated carbocycles. The second kappa shape index (κ2) is 4.72. The summed E-state index contributed by atoms with van der Waals surface area (Å²) in [6, 6.07) is 5.79. The highest BCUT2D eigenvalue weighted by molar-refractivity contribution is 6.31. The van der Waals surface area contributed by atoms with Crippen molar-refractivity contribution in [1.82, 2.24) is 9.88 Å². The van der Waals surface area contributed by atoms with Gasteiger partial charge in [-0.25, -0.2) is 0 Å². The quantitative estimate of drug-likeness (QED) is 0.752. The van der Waals surface area contributed by atoms with Gasteiger partial charge in [-0.1, -0.05) is 17.7 Å². The van der Waals surface area contributed by atoms with Gasteiger partial charge >= 0.3 is 0 Å². The molecule has 3 aliphatic rings. The Morgan fingerprint density at radius 2 is 2.24 bits per heavy atom. The van der Waals surface area contributed by atoms with E-state index in [0.29, 0.717) is 5.02 Å². The van der Waals surface area contributed by atoms with Crippen LogP contribution in [0.25, 0.3) is 10.9 Å². The Kier molecular flexibility index (Phi) is 2.95. The lowest BCUT2D eigenvalue weighted by molar-refractivity contribution is 0.0875. The fourth-order valence-electron chi connectivity index (χ4n) is 3.66. The Morgan fingerprint density at radius 1 is 1.38 bits per heavy atom. The summed E-state index contributed by atoms with van der Waals surface area (Å²) in [6.07, 6.45) is 3.04. The van der Waals surface area contributed by atoms with Crippen molar-refractivity contribution in [3.8, 4) is 0 Å². The van der Waals surface area contributed by atoms with Crippen molar-refractivity contribution in [2.45, 2.75) is 19.9 Å². The van der Waals surface area contributed by atoms with Gasteiger partial charge in [-0.2, -0.15) is 0 Å². The molecule has 0 radical (unpaired) electrons. The summed E-state index contributed by atoms with van der Waals surface area (Å²) in [5.74, 6) is 0.276. The van der Waals surface area contributed by atoms with Crippen LogP contribution in [0.1, 0.15) is 29.4 Å². The van der Waals surface area contributed by atoms with Gasteiger partial charge in [-0.15, -0.1) is 0 Å². The normalized spacial score (nSPS) is 27.0. The third-order valence-electron chi connectivity index (χ3n) is 4.77. The minimum atomic E-state index is 0.0360. The number of hydrogen-bond donors (Lipinski definition) is 1. The first kappa shape index (κ1) is 13.1. The lowest BCUT2D eigenvalue weighted by Gasteiger charge is -2.36. The summed E-state index contributed by atoms with van der Waals surface area (Å²) in [6.45, 7) is 4.73. The number of benzene rings is 1. The maximum absolute atomic E-state index is 12.9. The molecule has 3 aliphatic heterocycles. The molecule has 3 nitrogen and oxygen atoms in total. The van der Waals surface area contributed by atoms with Crippen molar-refractivity contribution in [1.29, 1.82) is 0 Å². The summed E-state index contributed by atoms with van der Waals surface area (Å²) in [4.78, 5) is 18.7. The average Bonchev–Trinajstić information content (AvgIpc) is 2.82. The highest BCUT2D eigenvalue weighted by Gasteiger charge is 2.35. The molecule has 0 spiro atoms. The van der Waals surface area contributed by atoms with E-state index in [9.17, 15) is 4.79 Å². The lowest BCUT2D eigenvalue weighted by atomic mass is 9.83. The number of nitrogens with one attached hydrogen (secondary N) is 1. The van der Waals surface area contributed by atoms with Crippen LogP contribution < -0.4 is 0 Å². The number of H-pyrrole nitrogens is 1. The van der Waals surface area contributed by atoms with Crippen molar-refractivity contribution >= 4 is 28.3 Å². The molecular weight excluding hydrogens is 284 g/mol. The van der Waals surface area contributed by atoms with Crippen molar-refractivity contribution in [3.05, 3.63) is 46.1 Å². The van der Waals surface area contributed by atoms with E-state index in [1.54, 1.807) is 0 Å². The molecule has 1 aromatic heterocycles. The molecule has 1 aromatic carbocycles. The first-order valence-electron chi connectivity index (χ1n) is 7.39. The Balaban J connectivity index is 1.95. The van der Waals surface area contributed by atoms with Gasteiger partial charge in [-0.05, 0) is 43.7 Å². The molecule has 2 bridgehead atoms. The van der Waals surface area contributed by atoms with Crippen LogP contribution in [0.5, 0.6) is 0 Å². The van der Waals surface area contributed by atoms with Crippen LogP contribution >= 0.6 is 11.6 Å². The van der Waals surface area contributed by atoms with Gasteiger partial charge in [0.1, 0.15) is 0 Å². The SMILES string of the molecule is C/C=C1/CN2CC[C@H]1C(=O)c1[nH]c3ccc(Cl)cc3c1C2. The Labute approximate surface area is 128 Å². The number of carbonyl (C=O) groups excluding carboxylic acids is 1. The molecule has 108 valence electrons. The minimum Gasteiger partial charge on any atom is -0.352 e. The molecule has 5 rings (SSSR count). The molecular formula is C17H17ClN2O. The molecule has 1 unspecified atom stereocenters. The maximum atomic E-state index is 12.9. The number of carbonyl (C=O) groups is 1. The molecule has 2 atom stereocenters. The zero-order valence-electron chi connectivity index (χ0n) is 11.9. The second-order valence-corrected chi connectivity index (χ2v) is 6.38. The third-order valence-corrected chi connectivity index (χ3v) is 5.01. The van der Waals surface area contributed by atoms with E-state index < -0.39 is 0 Å². The highest BCUT2D eigenvalue weighted by atomic mass is 35.5. The van der Waals surface area contributed by atoms with Crippen molar-refractivity contribution < 1.29 is 4.79 Å². The van der Waals surface area contributed by atoms with Crippen LogP contribution in [0.2, 0.25) is 5.02 Å². The van der Waals surface area contributed by atoms with Gasteiger partial charge in [0.25, 0.3) is 0 Å². The summed E-state index contributed by atoms with van der Waals surface area (Å²) < 4.78 is 0. The average molecular weight is 301 g/mol. The van der Waals surface area contributed by atoms with Crippen LogP contribution in [0.3, 0.4) is 0 Å². The number of ketones is 1. The van der Waals surface area contributed by atoms with Crippen molar-refractivity contribution in [2.75, 3.05) is 13.1 Å². The Bertz CT molecular complexity index is 774. The zero-order valence-corrected chi connectivity index (χ0v) is 12.7. The van der Waals surface area contributed by atoms with E-state index in [-0.39, 0.29) is 11.7 Å². The Hall–Kier alpha value is -1.58. The fourth-order valence-corrected chi connectivity index (χ4v) is 3.84. The van der Waals surface area contributed by atoms with E-state index in [4.69, 9.17) is 11.6 Å². The zero-order chi connectivity index (χ0) is 14.6. The van der Waals surface area contributed by atoms with E-state index in [2.05, 4.69) is 16.0 Å². The van der Waals surface area contributed by atoms with Gasteiger partial charge in [0.15, 0.2) is 5.78 Å². The minimum absolute atomic E-state index is 0.0360. The lowest BCUT2D eigenvalue weighted by Crippen LogP contribution is -2.40. The highest BCUT2D eigenvalue weighted by Crippen LogP contribution is 2.35. The van der Waals surface area contributed by atoms with Gasteiger partial charge in [0.2, 0.25) is 0 Å². The van der Waals surface area contributed by atoms with Crippen LogP contribution in [0.15, 0.2) is 29.8 Å². The molecule has 21 heavy (non-hydrogen) atoms. The smallest absolute Gasteiger partial charge is 0.186 e. The van der Waals surface area contributed by atoms with Gasteiger partial charge in [0.05, 0.1) is 5.69 Å². The van der Waals surface area contributed by atoms with E-state index in [1.165, 1.54) is 5.57 Å². The van der Waals surface area contributed by atoms with E-state index in [0.717, 1.165) is 48.2 Å². The molecule has 1 N–H and O–H groups in total. The number of Topliss-reactive ketones (excluding diaryl/α,β-unsaturated/α-hetero) is 1. The molecule has 0 amide bonds. The van der Waals surface area contributed by atoms with Crippen molar-refractivity contribution in [3.63, 3.8) is 0 Å². The molecule has 4 heteroatoms. The van der Waals surface area contributed by atoms with Crippen LogP contribution in [0, 0.1) is 5.92 Å². The number of rotatable bonds is 0. The van der Waals surface area contributed by atoms with Crippen LogP contribution in [-0.4, -0.2) is 28.8 Å². The van der Waals surface area contributed by atoms with Crippen LogP contribution in [-0.2, 0) is 6.54 Å². The second-order valence-electron chi connectivity index (χ2n) is 5.95. The third kappa shape index (κ3) is 1.95. The molecule has 4 heterocycles. The summed E-state index contributed by atoms with van der Waals surface area (Å²) in [5, 5.41) is 1.80. The number of hydrogen-bond acceptors (Lipinski definition) is 2. The van der Waals surface area contributed by atoms with Crippen LogP contribution in [0.4, 0.5) is 0 Å². The topological polar surface area (TPSA) is 36.1 Å². The number of halogens is 1. The number of nitrogens with zero attached hydrogens (tertiary/aromatic N) is 1. The number of allylic oxidation sites excluding steroid dienone is 1. The standard InChI is InChI=1S/C17H17ClN2O/c1-2-10-8-20-6-5-12(10)17(21)16-14(9-20)13-7-11(18)3-4-15(13)19-16/h2-4,7,12,19H,5-6,8-9H2,1H3/b10-2-/t12-/m1/s1. The molecule has 1 fully saturated rings. The predicted molar refractivity (Wildman–Crippen MR) is 84.8 cm³/mol. The van der Waals surface area contributed by atoms with Gasteiger partial charge in [0, 0.05) is 40.5 Å². The maximum Gasteiger partial charge on any atom is 0.186 e. The van der Waals surface area contributed by atoms with Gasteiger partial charge < -0.3 is 4.98 Å². The Morgan fingerprint density at radius 3 is 3.05 bits per heavy atom. The molecule has 0 aliphatic carbocycles. The number of piperidine rings is 1. The fraction of sp³-hybridized carbons (Fsp3) is 0.353. The number of fused-ring (bicyclic) bond motifs is 3. The number of aromatic nitrogens is 1. The van der Waals surface area contributed by atoms with Gasteiger partial charge in [-0.3, -0.25) is 9.69 Å². The van der Waals surface area contributed by atoms with E-state index in [1.807, 2.05) is 25.1 Å². The van der Waals surface area contributed by atoms with Crippen molar-refractivity contribution in [2.24, 2.45) is 5.92 Å². The largest absolute Gasteiger partial charge is 0.352 e. The molecule has 1 saturated heterocycles. The summed E-state index contributed by atoms with van der Waals surface area (Å²) in [7, 11) is 0. The molecule has 2 aromatic rings. The number of aromatic amines is 1. The summed E-state index contributed by atoms with van der Waals surface area (Å²) >= 11 is 6.13.